The molecule has 3 saturated heterocycles. The topological polar surface area (TPSA) is 95.9 Å². The van der Waals surface area contributed by atoms with Crippen LogP contribution in [-0.4, -0.2) is 69.1 Å². The lowest BCUT2D eigenvalue weighted by molar-refractivity contribution is -0.155. The number of likely N-dealkylation sites (tertiary alicyclic amines) is 1. The van der Waals surface area contributed by atoms with Crippen molar-refractivity contribution in [3.8, 4) is 0 Å². The molecule has 6 atom stereocenters. The molecule has 0 radical (unpaired) electrons. The molecular formula is C22H36N2O5S. The van der Waals surface area contributed by atoms with E-state index in [0.717, 1.165) is 25.7 Å². The van der Waals surface area contributed by atoms with E-state index in [4.69, 9.17) is 4.74 Å². The lowest BCUT2D eigenvalue weighted by Crippen LogP contribution is -2.55. The highest BCUT2D eigenvalue weighted by molar-refractivity contribution is 8.02. The summed E-state index contributed by atoms with van der Waals surface area (Å²) in [6.45, 7) is 8.65. The average molecular weight is 441 g/mol. The molecule has 0 aromatic heterocycles. The SMILES string of the molecule is CCCC(C)NC(=O)C1N(CCCCO)C(=O)[C@@H]2[C@@H](C(=O)OCC)[C@@]3(C)CCC12S3. The fraction of sp³-hybridized carbons (Fsp3) is 0.864. The van der Waals surface area contributed by atoms with E-state index in [1.165, 1.54) is 0 Å². The van der Waals surface area contributed by atoms with Crippen LogP contribution in [0, 0.1) is 11.8 Å². The van der Waals surface area contributed by atoms with E-state index in [-0.39, 0.29) is 41.8 Å². The van der Waals surface area contributed by atoms with Crippen molar-refractivity contribution in [3.05, 3.63) is 0 Å². The van der Waals surface area contributed by atoms with Crippen molar-refractivity contribution in [2.24, 2.45) is 11.8 Å². The normalized spacial score (nSPS) is 35.4. The van der Waals surface area contributed by atoms with Gasteiger partial charge in [0.15, 0.2) is 0 Å². The van der Waals surface area contributed by atoms with Crippen LogP contribution in [0.3, 0.4) is 0 Å². The zero-order valence-corrected chi connectivity index (χ0v) is 19.4. The van der Waals surface area contributed by atoms with Gasteiger partial charge in [-0.1, -0.05) is 13.3 Å². The summed E-state index contributed by atoms with van der Waals surface area (Å²) in [7, 11) is 0. The fourth-order valence-corrected chi connectivity index (χ4v) is 8.12. The minimum absolute atomic E-state index is 0.0346. The van der Waals surface area contributed by atoms with Gasteiger partial charge in [0, 0.05) is 23.9 Å². The number of ether oxygens (including phenoxy) is 1. The highest BCUT2D eigenvalue weighted by Crippen LogP contribution is 2.71. The van der Waals surface area contributed by atoms with Crippen molar-refractivity contribution in [1.29, 1.82) is 0 Å². The second-order valence-electron chi connectivity index (χ2n) is 9.14. The molecule has 0 aromatic rings. The largest absolute Gasteiger partial charge is 0.466 e. The monoisotopic (exact) mass is 440 g/mol. The molecule has 2 amide bonds. The number of thioether (sulfide) groups is 1. The number of nitrogens with one attached hydrogen (secondary N) is 1. The molecule has 0 aromatic carbocycles. The zero-order chi connectivity index (χ0) is 22.1. The fourth-order valence-electron chi connectivity index (χ4n) is 5.78. The van der Waals surface area contributed by atoms with Gasteiger partial charge in [-0.2, -0.15) is 0 Å². The Morgan fingerprint density at radius 2 is 2.07 bits per heavy atom. The third kappa shape index (κ3) is 3.74. The highest BCUT2D eigenvalue weighted by Gasteiger charge is 2.77. The maximum Gasteiger partial charge on any atom is 0.311 e. The number of aliphatic hydroxyl groups is 1. The van der Waals surface area contributed by atoms with Crippen molar-refractivity contribution in [3.63, 3.8) is 0 Å². The van der Waals surface area contributed by atoms with E-state index in [2.05, 4.69) is 12.2 Å². The molecule has 2 bridgehead atoms. The number of fused-ring (bicyclic) bond motifs is 1. The first-order chi connectivity index (χ1) is 14.3. The molecule has 7 nitrogen and oxygen atoms in total. The quantitative estimate of drug-likeness (QED) is 0.399. The first kappa shape index (κ1) is 23.4. The number of carbonyl (C=O) groups is 3. The van der Waals surface area contributed by atoms with Crippen molar-refractivity contribution in [1.82, 2.24) is 10.2 Å². The minimum Gasteiger partial charge on any atom is -0.466 e. The maximum atomic E-state index is 13.6. The molecule has 0 saturated carbocycles. The number of amides is 2. The van der Waals surface area contributed by atoms with Gasteiger partial charge in [0.05, 0.1) is 23.2 Å². The Kier molecular flexibility index (Phi) is 7.07. The number of aliphatic hydroxyl groups excluding tert-OH is 1. The summed E-state index contributed by atoms with van der Waals surface area (Å²) in [6, 6.07) is -0.549. The first-order valence-electron chi connectivity index (χ1n) is 11.3. The van der Waals surface area contributed by atoms with E-state index in [9.17, 15) is 19.5 Å². The van der Waals surface area contributed by atoms with Gasteiger partial charge in [0.2, 0.25) is 11.8 Å². The van der Waals surface area contributed by atoms with Gasteiger partial charge in [-0.3, -0.25) is 14.4 Å². The second-order valence-corrected chi connectivity index (χ2v) is 11.0. The molecule has 3 fully saturated rings. The van der Waals surface area contributed by atoms with Crippen LogP contribution in [0.1, 0.15) is 66.2 Å². The van der Waals surface area contributed by atoms with Crippen LogP contribution in [-0.2, 0) is 19.1 Å². The highest BCUT2D eigenvalue weighted by atomic mass is 32.2. The van der Waals surface area contributed by atoms with E-state index in [0.29, 0.717) is 19.4 Å². The van der Waals surface area contributed by atoms with Crippen LogP contribution >= 0.6 is 11.8 Å². The van der Waals surface area contributed by atoms with Crippen LogP contribution in [0.25, 0.3) is 0 Å². The maximum absolute atomic E-state index is 13.6. The number of hydrogen-bond donors (Lipinski definition) is 2. The second kappa shape index (κ2) is 9.07. The van der Waals surface area contributed by atoms with Crippen LogP contribution in [0.5, 0.6) is 0 Å². The van der Waals surface area contributed by atoms with Crippen molar-refractivity contribution in [2.45, 2.75) is 87.8 Å². The molecule has 8 heteroatoms. The van der Waals surface area contributed by atoms with Crippen LogP contribution in [0.15, 0.2) is 0 Å². The molecule has 170 valence electrons. The molecule has 3 heterocycles. The number of nitrogens with zero attached hydrogens (tertiary/aromatic N) is 1. The van der Waals surface area contributed by atoms with Gasteiger partial charge in [0.1, 0.15) is 6.04 Å². The molecule has 3 unspecified atom stereocenters. The Labute approximate surface area is 183 Å². The standard InChI is InChI=1S/C22H36N2O5S/c1-5-9-14(3)23-18(26)17-22-11-10-21(4,30-22)16(20(28)29-6-2)15(22)19(27)24(17)12-7-8-13-25/h14-17,25H,5-13H2,1-4H3,(H,23,26)/t14?,15-,16-,17?,21+,22?/m0/s1. The van der Waals surface area contributed by atoms with Gasteiger partial charge in [0.25, 0.3) is 0 Å². The first-order valence-corrected chi connectivity index (χ1v) is 12.2. The lowest BCUT2D eigenvalue weighted by atomic mass is 9.66. The third-order valence-corrected chi connectivity index (χ3v) is 8.97. The molecule has 3 rings (SSSR count). The summed E-state index contributed by atoms with van der Waals surface area (Å²) in [4.78, 5) is 41.7. The van der Waals surface area contributed by atoms with Gasteiger partial charge >= 0.3 is 5.97 Å². The lowest BCUT2D eigenvalue weighted by Gasteiger charge is -2.35. The molecule has 3 aliphatic heterocycles. The van der Waals surface area contributed by atoms with Gasteiger partial charge in [-0.05, 0) is 52.9 Å². The van der Waals surface area contributed by atoms with Gasteiger partial charge in [-0.25, -0.2) is 0 Å². The number of esters is 1. The summed E-state index contributed by atoms with van der Waals surface area (Å²) in [5, 5.41) is 12.3. The van der Waals surface area contributed by atoms with Crippen molar-refractivity contribution >= 4 is 29.5 Å². The summed E-state index contributed by atoms with van der Waals surface area (Å²) in [6.07, 6.45) is 4.60. The van der Waals surface area contributed by atoms with E-state index in [1.54, 1.807) is 23.6 Å². The van der Waals surface area contributed by atoms with Crippen LogP contribution in [0.2, 0.25) is 0 Å². The Morgan fingerprint density at radius 3 is 2.70 bits per heavy atom. The zero-order valence-electron chi connectivity index (χ0n) is 18.6. The van der Waals surface area contributed by atoms with Crippen LogP contribution < -0.4 is 5.32 Å². The predicted octanol–water partition coefficient (Wildman–Crippen LogP) is 2.11. The number of hydrogen-bond acceptors (Lipinski definition) is 6. The molecule has 1 spiro atoms. The summed E-state index contributed by atoms with van der Waals surface area (Å²) in [5.74, 6) is -1.58. The van der Waals surface area contributed by atoms with Crippen molar-refractivity contribution < 1.29 is 24.2 Å². The molecular weight excluding hydrogens is 404 g/mol. The molecule has 2 N–H and O–H groups in total. The minimum atomic E-state index is -0.585. The summed E-state index contributed by atoms with van der Waals surface area (Å²) >= 11 is 1.66. The summed E-state index contributed by atoms with van der Waals surface area (Å²) < 4.78 is 4.40. The van der Waals surface area contributed by atoms with Gasteiger partial charge in [-0.15, -0.1) is 11.8 Å². The average Bonchev–Trinajstić information content (AvgIpc) is 3.23. The molecule has 0 aliphatic carbocycles. The third-order valence-electron chi connectivity index (χ3n) is 6.98. The van der Waals surface area contributed by atoms with Crippen molar-refractivity contribution in [2.75, 3.05) is 19.8 Å². The number of carbonyl (C=O) groups excluding carboxylic acids is 3. The Morgan fingerprint density at radius 1 is 1.33 bits per heavy atom. The Hall–Kier alpha value is -1.28. The van der Waals surface area contributed by atoms with E-state index in [1.807, 2.05) is 13.8 Å². The van der Waals surface area contributed by atoms with Gasteiger partial charge < -0.3 is 20.1 Å². The van der Waals surface area contributed by atoms with Crippen LogP contribution in [0.4, 0.5) is 0 Å². The smallest absolute Gasteiger partial charge is 0.311 e. The predicted molar refractivity (Wildman–Crippen MR) is 116 cm³/mol. The molecule has 30 heavy (non-hydrogen) atoms. The van der Waals surface area contributed by atoms with E-state index >= 15 is 0 Å². The Balaban J connectivity index is 1.95. The number of rotatable bonds is 10. The summed E-state index contributed by atoms with van der Waals surface area (Å²) in [5.41, 5.74) is 0. The molecule has 3 aliphatic rings. The number of unbranched alkanes of at least 4 members (excludes halogenated alkanes) is 1. The van der Waals surface area contributed by atoms with E-state index < -0.39 is 22.6 Å². The Bertz CT molecular complexity index is 688.